The van der Waals surface area contributed by atoms with E-state index >= 15 is 0 Å². The monoisotopic (exact) mass is 1020 g/mol. The van der Waals surface area contributed by atoms with E-state index in [2.05, 4.69) is 35.8 Å². The number of carbonyl (C=O) groups is 1. The van der Waals surface area contributed by atoms with Gasteiger partial charge in [0, 0.05) is 29.7 Å². The lowest BCUT2D eigenvalue weighted by Crippen LogP contribution is -2.04. The van der Waals surface area contributed by atoms with Crippen molar-refractivity contribution in [3.05, 3.63) is 78.0 Å². The number of hydrogen-bond donors (Lipinski definition) is 8. The Morgan fingerprint density at radius 1 is 0.623 bits per heavy atom. The maximum atomic E-state index is 12.7. The molecule has 0 radical (unpaired) electrons. The van der Waals surface area contributed by atoms with E-state index in [0.717, 1.165) is 49.6 Å². The zero-order valence-electron chi connectivity index (χ0n) is 35.6. The molecule has 30 heteroatoms. The molecule has 6 rings (SSSR count). The molecule has 0 spiro atoms. The second-order valence-corrected chi connectivity index (χ2v) is 18.0. The van der Waals surface area contributed by atoms with Crippen LogP contribution in [0, 0.1) is 6.92 Å². The summed E-state index contributed by atoms with van der Waals surface area (Å²) in [6.07, 6.45) is 0. The number of aliphatic hydroxyl groups excluding tert-OH is 2. The molecule has 6 aromatic rings. The van der Waals surface area contributed by atoms with Crippen LogP contribution in [0.3, 0.4) is 0 Å². The van der Waals surface area contributed by atoms with Crippen molar-refractivity contribution in [2.75, 3.05) is 40.6 Å². The van der Waals surface area contributed by atoms with Gasteiger partial charge in [-0.15, -0.1) is 30.7 Å². The van der Waals surface area contributed by atoms with Gasteiger partial charge < -0.3 is 44.5 Å². The lowest BCUT2D eigenvalue weighted by molar-refractivity contribution is 0.0690. The Bertz CT molecular complexity index is 3450. The third kappa shape index (κ3) is 11.2. The van der Waals surface area contributed by atoms with Gasteiger partial charge in [-0.05, 0) is 54.3 Å². The van der Waals surface area contributed by atoms with Crippen molar-refractivity contribution in [1.29, 1.82) is 0 Å². The topological polar surface area (TPSA) is 410 Å². The Hall–Kier alpha value is -7.71. The van der Waals surface area contributed by atoms with Crippen LogP contribution in [0.2, 0.25) is 0 Å². The average Bonchev–Trinajstić information content (AvgIpc) is 3.63. The highest BCUT2D eigenvalue weighted by Gasteiger charge is 2.27. The number of aromatic nitrogens is 2. The van der Waals surface area contributed by atoms with Crippen molar-refractivity contribution in [2.24, 2.45) is 30.7 Å². The Balaban J connectivity index is 1.47. The molecule has 0 bridgehead atoms. The van der Waals surface area contributed by atoms with Crippen molar-refractivity contribution in [2.45, 2.75) is 21.6 Å². The maximum Gasteiger partial charge on any atom is 0.358 e. The molecule has 27 nitrogen and oxygen atoms in total. The molecular formula is C39H36N8O19S3. The van der Waals surface area contributed by atoms with Gasteiger partial charge in [0.05, 0.1) is 33.1 Å². The van der Waals surface area contributed by atoms with E-state index in [1.54, 1.807) is 0 Å². The molecule has 0 atom stereocenters. The number of aliphatic hydroxyl groups is 2. The number of methoxy groups -OCH3 is 2. The van der Waals surface area contributed by atoms with Gasteiger partial charge in [-0.25, -0.2) is 4.79 Å². The number of rotatable bonds is 19. The second kappa shape index (κ2) is 20.3. The van der Waals surface area contributed by atoms with Gasteiger partial charge >= 0.3 is 5.97 Å². The van der Waals surface area contributed by atoms with Crippen LogP contribution in [0.25, 0.3) is 16.5 Å². The molecule has 0 unspecified atom stereocenters. The molecule has 1 heterocycles. The summed E-state index contributed by atoms with van der Waals surface area (Å²) in [4.78, 5) is 10.1. The lowest BCUT2D eigenvalue weighted by Gasteiger charge is -2.13. The molecule has 5 aromatic carbocycles. The number of carboxylic acids is 1. The molecule has 0 aliphatic heterocycles. The Morgan fingerprint density at radius 2 is 1.17 bits per heavy atom. The quantitative estimate of drug-likeness (QED) is 0.0331. The van der Waals surface area contributed by atoms with Crippen LogP contribution in [0.5, 0.6) is 34.6 Å². The molecule has 1 aromatic heterocycles. The van der Waals surface area contributed by atoms with Crippen LogP contribution in [0.15, 0.2) is 112 Å². The first-order valence-electron chi connectivity index (χ1n) is 19.1. The van der Waals surface area contributed by atoms with E-state index < -0.39 is 92.9 Å². The minimum Gasteiger partial charge on any atom is -0.505 e. The van der Waals surface area contributed by atoms with Crippen LogP contribution in [-0.2, 0) is 30.4 Å². The third-order valence-corrected chi connectivity index (χ3v) is 12.1. The number of aromatic hydroxyl groups is 2. The van der Waals surface area contributed by atoms with Crippen molar-refractivity contribution >= 4 is 81.2 Å². The summed E-state index contributed by atoms with van der Waals surface area (Å²) in [5, 5.41) is 79.1. The van der Waals surface area contributed by atoms with Crippen molar-refractivity contribution in [3.63, 3.8) is 0 Å². The highest BCUT2D eigenvalue weighted by atomic mass is 32.2. The summed E-state index contributed by atoms with van der Waals surface area (Å²) in [6, 6.07) is 12.2. The number of aromatic carboxylic acids is 1. The fraction of sp³-hybridized carbons (Fsp3) is 0.179. The first-order chi connectivity index (χ1) is 32.5. The van der Waals surface area contributed by atoms with Gasteiger partial charge in [-0.3, -0.25) is 13.7 Å². The average molecular weight is 1020 g/mol. The van der Waals surface area contributed by atoms with E-state index in [1.165, 1.54) is 38.3 Å². The number of phenols is 1. The number of carboxylic acid groups (broad SMARTS) is 1. The highest BCUT2D eigenvalue weighted by Crippen LogP contribution is 2.46. The SMILES string of the molecule is COc1ccc(/N=N/c2cc(OCCO)c(/N=N/c3c(S(=O)(=O)O)cc4ccc(-n5nc(C(=O)O)c(N=Nc6cc(C)c(S(=O)(=O)O)cc6OC)c5O)cc4c3O)cc2OCCO)c(S(=O)(=O)O)c1. The number of aryl methyl sites for hydroxylation is 1. The van der Waals surface area contributed by atoms with Crippen molar-refractivity contribution in [1.82, 2.24) is 9.78 Å². The number of benzene rings is 5. The largest absolute Gasteiger partial charge is 0.505 e. The number of phenolic OH excluding ortho intramolecular Hbond substituents is 1. The van der Waals surface area contributed by atoms with Crippen LogP contribution in [-0.4, -0.2) is 121 Å². The van der Waals surface area contributed by atoms with E-state index in [1.807, 2.05) is 0 Å². The van der Waals surface area contributed by atoms with Gasteiger partial charge in [-0.2, -0.15) is 35.0 Å². The first kappa shape index (κ1) is 50.7. The molecule has 0 aliphatic carbocycles. The summed E-state index contributed by atoms with van der Waals surface area (Å²) >= 11 is 0. The Morgan fingerprint density at radius 3 is 1.71 bits per heavy atom. The van der Waals surface area contributed by atoms with Gasteiger partial charge in [0.15, 0.2) is 11.4 Å². The fourth-order valence-corrected chi connectivity index (χ4v) is 8.23. The number of ether oxygens (including phenoxy) is 4. The van der Waals surface area contributed by atoms with Crippen molar-refractivity contribution in [3.8, 4) is 40.3 Å². The molecule has 0 saturated heterocycles. The Kier molecular flexibility index (Phi) is 14.9. The molecule has 0 aliphatic rings. The number of azo groups is 3. The Labute approximate surface area is 389 Å². The second-order valence-electron chi connectivity index (χ2n) is 13.8. The summed E-state index contributed by atoms with van der Waals surface area (Å²) in [5.41, 5.74) is -3.59. The summed E-state index contributed by atoms with van der Waals surface area (Å²) in [5.74, 6) is -4.18. The third-order valence-electron chi connectivity index (χ3n) is 9.32. The van der Waals surface area contributed by atoms with Gasteiger partial charge in [-0.1, -0.05) is 6.07 Å². The van der Waals surface area contributed by atoms with Crippen LogP contribution >= 0.6 is 0 Å². The predicted octanol–water partition coefficient (Wildman–Crippen LogP) is 6.19. The zero-order valence-corrected chi connectivity index (χ0v) is 38.0. The fourth-order valence-electron chi connectivity index (χ4n) is 6.21. The van der Waals surface area contributed by atoms with Crippen LogP contribution in [0.1, 0.15) is 16.1 Å². The van der Waals surface area contributed by atoms with E-state index in [4.69, 9.17) is 18.9 Å². The van der Waals surface area contributed by atoms with Gasteiger partial charge in [0.2, 0.25) is 11.6 Å². The van der Waals surface area contributed by atoms with Crippen LogP contribution in [0.4, 0.5) is 34.1 Å². The molecule has 69 heavy (non-hydrogen) atoms. The van der Waals surface area contributed by atoms with E-state index in [0.29, 0.717) is 4.68 Å². The summed E-state index contributed by atoms with van der Waals surface area (Å²) < 4.78 is 125. The molecule has 8 N–H and O–H groups in total. The van der Waals surface area contributed by atoms with E-state index in [9.17, 15) is 69.2 Å². The molecule has 0 saturated carbocycles. The highest BCUT2D eigenvalue weighted by molar-refractivity contribution is 7.86. The number of fused-ring (bicyclic) bond motifs is 1. The maximum absolute atomic E-state index is 12.7. The van der Waals surface area contributed by atoms with Crippen molar-refractivity contribution < 1.29 is 88.2 Å². The number of nitrogens with zero attached hydrogens (tertiary/aromatic N) is 8. The summed E-state index contributed by atoms with van der Waals surface area (Å²) in [6.45, 7) is -0.499. The lowest BCUT2D eigenvalue weighted by atomic mass is 10.1. The molecule has 0 amide bonds. The smallest absolute Gasteiger partial charge is 0.358 e. The normalized spacial score (nSPS) is 12.4. The first-order valence-corrected chi connectivity index (χ1v) is 23.4. The van der Waals surface area contributed by atoms with Gasteiger partial charge in [0.1, 0.15) is 79.3 Å². The minimum atomic E-state index is -5.21. The summed E-state index contributed by atoms with van der Waals surface area (Å²) in [7, 11) is -12.3. The molecular weight excluding hydrogens is 981 g/mol. The van der Waals surface area contributed by atoms with E-state index in [-0.39, 0.29) is 81.0 Å². The van der Waals surface area contributed by atoms with Gasteiger partial charge in [0.25, 0.3) is 30.4 Å². The standard InChI is InChI=1S/C39H36N8O19S3/c1-19-12-25(28(64-3)18-31(19)67(54,55)56)42-45-35-36(39(52)53)46-47(38(35)51)21-5-4-20-13-33(69(60,61)62)34(37(50)23(20)14-21)44-43-27-17-29(65-10-8-48)26(16-30(27)66-11-9-49)41-40-24-7-6-22(63-2)15-32(24)68(57,58)59/h4-7,12-18,48-51H,8-11H2,1-3H3,(H,52,53)(H,54,55,56)(H,57,58,59)(H,60,61,62)/b41-40+,44-43+,45-42?. The minimum absolute atomic E-state index is 0.00738. The zero-order chi connectivity index (χ0) is 50.6. The molecule has 0 fully saturated rings. The molecule has 364 valence electrons. The number of hydrogen-bond acceptors (Lipinski definition) is 22. The van der Waals surface area contributed by atoms with Crippen LogP contribution < -0.4 is 18.9 Å². The predicted molar refractivity (Wildman–Crippen MR) is 236 cm³/mol.